The Bertz CT molecular complexity index is 1020. The lowest BCUT2D eigenvalue weighted by molar-refractivity contribution is -0.139. The molecule has 0 aromatic heterocycles. The molecule has 0 unspecified atom stereocenters. The predicted molar refractivity (Wildman–Crippen MR) is 254 cm³/mol. The van der Waals surface area contributed by atoms with Crippen molar-refractivity contribution in [2.45, 2.75) is 13.8 Å². The Morgan fingerprint density at radius 2 is 0.371 bits per heavy atom. The lowest BCUT2D eigenvalue weighted by Gasteiger charge is -2.09. The van der Waals surface area contributed by atoms with Crippen LogP contribution in [0.3, 0.4) is 0 Å². The fraction of sp³-hybridized carbons (Fsp3) is 0.936. The van der Waals surface area contributed by atoms with E-state index >= 15 is 0 Å². The zero-order valence-electron chi connectivity index (χ0n) is 42.7. The van der Waals surface area contributed by atoms with Crippen LogP contribution in [0.2, 0.25) is 0 Å². The molecule has 23 heteroatoms. The first-order valence-electron chi connectivity index (χ1n) is 24.6. The molecule has 0 spiro atoms. The van der Waals surface area contributed by atoms with E-state index in [2.05, 4.69) is 0 Å². The summed E-state index contributed by atoms with van der Waals surface area (Å²) in [5.41, 5.74) is 0.894. The summed E-state index contributed by atoms with van der Waals surface area (Å²) >= 11 is 0. The van der Waals surface area contributed by atoms with Gasteiger partial charge in [0.15, 0.2) is 0 Å². The monoisotopic (exact) mass is 1020 g/mol. The fourth-order valence-corrected chi connectivity index (χ4v) is 4.82. The highest BCUT2D eigenvalue weighted by Crippen LogP contribution is 1.93. The molecule has 418 valence electrons. The van der Waals surface area contributed by atoms with Crippen molar-refractivity contribution in [2.24, 2.45) is 0 Å². The molecule has 1 N–H and O–H groups in total. The van der Waals surface area contributed by atoms with Crippen LogP contribution in [0.1, 0.15) is 13.8 Å². The molecule has 0 aliphatic rings. The molecule has 0 bridgehead atoms. The van der Waals surface area contributed by atoms with Gasteiger partial charge in [0, 0.05) is 6.08 Å². The van der Waals surface area contributed by atoms with Crippen molar-refractivity contribution in [2.75, 3.05) is 277 Å². The molecule has 0 fully saturated rings. The van der Waals surface area contributed by atoms with Crippen LogP contribution < -0.4 is 0 Å². The molecule has 0 atom stereocenters. The van der Waals surface area contributed by atoms with Crippen molar-refractivity contribution in [1.82, 2.24) is 0 Å². The quantitative estimate of drug-likeness (QED) is 0.0505. The summed E-state index contributed by atoms with van der Waals surface area (Å²) in [4.78, 5) is 11.4. The van der Waals surface area contributed by atoms with Gasteiger partial charge >= 0.3 is 5.97 Å². The maximum atomic E-state index is 11.4. The Kier molecular flexibility index (Phi) is 62.0. The number of allylic oxidation sites excluding steroid dienone is 1. The molecule has 70 heavy (non-hydrogen) atoms. The Morgan fingerprint density at radius 3 is 0.500 bits per heavy atom. The first kappa shape index (κ1) is 68.4. The molecule has 0 amide bonds. The average molecular weight is 1030 g/mol. The number of rotatable bonds is 63. The Hall–Kier alpha value is -1.63. The van der Waals surface area contributed by atoms with Gasteiger partial charge in [0.05, 0.1) is 271 Å². The number of hydrogen-bond donors (Lipinski definition) is 1. The molecule has 0 aliphatic heterocycles. The zero-order chi connectivity index (χ0) is 50.4. The fourth-order valence-electron chi connectivity index (χ4n) is 4.82. The number of aliphatic hydroxyl groups excluding tert-OH is 1. The van der Waals surface area contributed by atoms with Crippen molar-refractivity contribution in [1.29, 1.82) is 0 Å². The van der Waals surface area contributed by atoms with E-state index in [1.165, 1.54) is 6.08 Å². The minimum absolute atomic E-state index is 0.0181. The second kappa shape index (κ2) is 63.5. The predicted octanol–water partition coefficient (Wildman–Crippen LogP) is 0.820. The molecule has 0 heterocycles. The third-order valence-electron chi connectivity index (χ3n) is 8.18. The lowest BCUT2D eigenvalue weighted by Crippen LogP contribution is -2.16. The topological polar surface area (TPSA) is 231 Å². The molecular formula is C47H92O23. The van der Waals surface area contributed by atoms with Crippen LogP contribution in [-0.2, 0) is 104 Å². The number of carbonyl (C=O) groups excluding carboxylic acids is 1. The van der Waals surface area contributed by atoms with Gasteiger partial charge < -0.3 is 105 Å². The van der Waals surface area contributed by atoms with E-state index in [-0.39, 0.29) is 19.2 Å². The first-order chi connectivity index (χ1) is 34.7. The van der Waals surface area contributed by atoms with Crippen LogP contribution in [0.4, 0.5) is 0 Å². The highest BCUT2D eigenvalue weighted by molar-refractivity contribution is 5.82. The summed E-state index contributed by atoms with van der Waals surface area (Å²) in [5, 5.41) is 8.60. The summed E-state index contributed by atoms with van der Waals surface area (Å²) in [5.74, 6) is -0.358. The van der Waals surface area contributed by atoms with Gasteiger partial charge in [-0.1, -0.05) is 5.57 Å². The molecular weight excluding hydrogens is 932 g/mol. The number of hydrogen-bond acceptors (Lipinski definition) is 23. The Labute approximate surface area is 417 Å². The van der Waals surface area contributed by atoms with Crippen LogP contribution in [-0.4, -0.2) is 289 Å². The standard InChI is InChI=1S/C47H92O23/c1-46(2)45-47(49)70-44-43-69-42-41-68-40-39-67-38-37-66-36-35-65-34-33-64-32-31-63-30-29-62-28-27-61-26-25-60-24-23-59-22-21-58-20-19-57-18-17-56-16-15-55-14-13-54-12-11-53-10-9-52-8-7-51-6-5-50-4-3-48/h45,48H,3-44H2,1-2H3. The lowest BCUT2D eigenvalue weighted by atomic mass is 10.3. The highest BCUT2D eigenvalue weighted by Gasteiger charge is 2.01. The van der Waals surface area contributed by atoms with E-state index in [1.54, 1.807) is 0 Å². The molecule has 0 rings (SSSR count). The zero-order valence-corrected chi connectivity index (χ0v) is 42.7. The van der Waals surface area contributed by atoms with Crippen LogP contribution in [0.5, 0.6) is 0 Å². The van der Waals surface area contributed by atoms with Crippen molar-refractivity contribution in [3.8, 4) is 0 Å². The summed E-state index contributed by atoms with van der Waals surface area (Å²) in [6.07, 6.45) is 1.44. The number of esters is 1. The van der Waals surface area contributed by atoms with Gasteiger partial charge in [-0.15, -0.1) is 0 Å². The highest BCUT2D eigenvalue weighted by atomic mass is 16.6. The molecule has 0 aliphatic carbocycles. The normalized spacial score (nSPS) is 11.5. The van der Waals surface area contributed by atoms with Gasteiger partial charge in [0.2, 0.25) is 0 Å². The Morgan fingerprint density at radius 1 is 0.243 bits per heavy atom. The van der Waals surface area contributed by atoms with E-state index in [1.807, 2.05) is 13.8 Å². The van der Waals surface area contributed by atoms with Crippen molar-refractivity contribution in [3.63, 3.8) is 0 Å². The summed E-state index contributed by atoms with van der Waals surface area (Å²) in [7, 11) is 0. The van der Waals surface area contributed by atoms with E-state index in [0.717, 1.165) is 5.57 Å². The molecule has 23 nitrogen and oxygen atoms in total. The maximum absolute atomic E-state index is 11.4. The van der Waals surface area contributed by atoms with Gasteiger partial charge in [-0.3, -0.25) is 0 Å². The number of aliphatic hydroxyl groups is 1. The van der Waals surface area contributed by atoms with E-state index in [9.17, 15) is 4.79 Å². The van der Waals surface area contributed by atoms with Gasteiger partial charge in [-0.2, -0.15) is 0 Å². The van der Waals surface area contributed by atoms with Crippen LogP contribution in [0.15, 0.2) is 11.6 Å². The van der Waals surface area contributed by atoms with Crippen LogP contribution >= 0.6 is 0 Å². The second-order valence-electron chi connectivity index (χ2n) is 14.4. The average Bonchev–Trinajstić information content (AvgIpc) is 3.35. The molecule has 0 saturated carbocycles. The van der Waals surface area contributed by atoms with E-state index < -0.39 is 0 Å². The number of ether oxygens (including phenoxy) is 21. The smallest absolute Gasteiger partial charge is 0.330 e. The van der Waals surface area contributed by atoms with Gasteiger partial charge in [0.25, 0.3) is 0 Å². The van der Waals surface area contributed by atoms with Crippen molar-refractivity contribution in [3.05, 3.63) is 11.6 Å². The third kappa shape index (κ3) is 64.4. The first-order valence-corrected chi connectivity index (χ1v) is 24.6. The van der Waals surface area contributed by atoms with Crippen molar-refractivity contribution >= 4 is 5.97 Å². The van der Waals surface area contributed by atoms with Gasteiger partial charge in [-0.05, 0) is 13.8 Å². The third-order valence-corrected chi connectivity index (χ3v) is 8.18. The van der Waals surface area contributed by atoms with Gasteiger partial charge in [0.1, 0.15) is 6.61 Å². The molecule has 0 aromatic rings. The molecule has 0 saturated heterocycles. The van der Waals surface area contributed by atoms with Crippen molar-refractivity contribution < 1.29 is 109 Å². The SMILES string of the molecule is CC(C)=CC(=O)OCCOCCOCCOCCOCCOCCOCCOCCOCCOCCOCCOCCOCCOCCOCCOCCOCCOCCOCCOCCOCCO. The minimum Gasteiger partial charge on any atom is -0.460 e. The van der Waals surface area contributed by atoms with E-state index in [0.29, 0.717) is 264 Å². The minimum atomic E-state index is -0.358. The second-order valence-corrected chi connectivity index (χ2v) is 14.4. The molecule has 0 radical (unpaired) electrons. The summed E-state index contributed by atoms with van der Waals surface area (Å²) in [6, 6.07) is 0. The summed E-state index contributed by atoms with van der Waals surface area (Å²) < 4.78 is 114. The van der Waals surface area contributed by atoms with E-state index in [4.69, 9.17) is 105 Å². The molecule has 0 aromatic carbocycles. The number of carbonyl (C=O) groups is 1. The van der Waals surface area contributed by atoms with Gasteiger partial charge in [-0.25, -0.2) is 4.79 Å². The largest absolute Gasteiger partial charge is 0.460 e. The Balaban J connectivity index is 3.09. The van der Waals surface area contributed by atoms with Crippen LogP contribution in [0, 0.1) is 0 Å². The maximum Gasteiger partial charge on any atom is 0.330 e. The summed E-state index contributed by atoms with van der Waals surface area (Å²) in [6.45, 7) is 22.9. The van der Waals surface area contributed by atoms with Crippen LogP contribution in [0.25, 0.3) is 0 Å².